The van der Waals surface area contributed by atoms with Crippen molar-refractivity contribution < 1.29 is 9.90 Å². The van der Waals surface area contributed by atoms with Crippen LogP contribution in [0, 0.1) is 5.92 Å². The molecule has 2 heterocycles. The number of piperidine rings is 1. The van der Waals surface area contributed by atoms with Crippen LogP contribution in [0.3, 0.4) is 0 Å². The highest BCUT2D eigenvalue weighted by molar-refractivity contribution is 5.96. The molecule has 0 bridgehead atoms. The molecule has 0 saturated carbocycles. The Bertz CT molecular complexity index is 428. The van der Waals surface area contributed by atoms with Crippen molar-refractivity contribution in [2.45, 2.75) is 19.3 Å². The highest BCUT2D eigenvalue weighted by atomic mass is 16.3. The first-order chi connectivity index (χ1) is 9.16. The van der Waals surface area contributed by atoms with Gasteiger partial charge in [0.15, 0.2) is 0 Å². The average molecular weight is 263 g/mol. The van der Waals surface area contributed by atoms with Gasteiger partial charge >= 0.3 is 0 Å². The van der Waals surface area contributed by atoms with Gasteiger partial charge in [-0.25, -0.2) is 0 Å². The quantitative estimate of drug-likeness (QED) is 0.858. The van der Waals surface area contributed by atoms with E-state index >= 15 is 0 Å². The summed E-state index contributed by atoms with van der Waals surface area (Å²) in [7, 11) is 2.14. The zero-order valence-electron chi connectivity index (χ0n) is 11.3. The zero-order valence-corrected chi connectivity index (χ0v) is 11.3. The summed E-state index contributed by atoms with van der Waals surface area (Å²) in [5, 5.41) is 12.4. The molecule has 1 aromatic rings. The van der Waals surface area contributed by atoms with E-state index in [-0.39, 0.29) is 11.7 Å². The number of nitrogens with zero attached hydrogens (tertiary/aromatic N) is 2. The molecule has 19 heavy (non-hydrogen) atoms. The van der Waals surface area contributed by atoms with Gasteiger partial charge in [-0.05, 0) is 51.4 Å². The van der Waals surface area contributed by atoms with Crippen LogP contribution in [0.5, 0.6) is 5.75 Å². The van der Waals surface area contributed by atoms with Gasteiger partial charge in [0, 0.05) is 12.7 Å². The van der Waals surface area contributed by atoms with E-state index in [0.29, 0.717) is 18.0 Å². The van der Waals surface area contributed by atoms with E-state index in [4.69, 9.17) is 0 Å². The first-order valence-electron chi connectivity index (χ1n) is 6.76. The number of aromatic nitrogens is 1. The van der Waals surface area contributed by atoms with Crippen molar-refractivity contribution in [1.29, 1.82) is 0 Å². The molecular weight excluding hydrogens is 242 g/mol. The molecule has 0 unspecified atom stereocenters. The number of rotatable bonds is 4. The van der Waals surface area contributed by atoms with Crippen molar-refractivity contribution in [3.63, 3.8) is 0 Å². The molecule has 0 aliphatic carbocycles. The van der Waals surface area contributed by atoms with Crippen LogP contribution in [-0.4, -0.2) is 47.6 Å². The Balaban J connectivity index is 1.74. The molecule has 5 nitrogen and oxygen atoms in total. The number of amides is 1. The smallest absolute Gasteiger partial charge is 0.255 e. The summed E-state index contributed by atoms with van der Waals surface area (Å²) in [6.07, 6.45) is 6.20. The third kappa shape index (κ3) is 3.92. The van der Waals surface area contributed by atoms with E-state index in [2.05, 4.69) is 22.2 Å². The maximum Gasteiger partial charge on any atom is 0.255 e. The summed E-state index contributed by atoms with van der Waals surface area (Å²) < 4.78 is 0. The van der Waals surface area contributed by atoms with Gasteiger partial charge in [0.05, 0.1) is 11.8 Å². The van der Waals surface area contributed by atoms with E-state index in [1.807, 2.05) is 0 Å². The molecular formula is C14H21N3O2. The summed E-state index contributed by atoms with van der Waals surface area (Å²) >= 11 is 0. The van der Waals surface area contributed by atoms with Gasteiger partial charge in [0.25, 0.3) is 5.91 Å². The van der Waals surface area contributed by atoms with Crippen molar-refractivity contribution in [3.05, 3.63) is 24.0 Å². The van der Waals surface area contributed by atoms with Crippen LogP contribution in [0.4, 0.5) is 0 Å². The SMILES string of the molecule is CN1CCC(CCNC(=O)c2ccncc2O)CC1. The van der Waals surface area contributed by atoms with E-state index < -0.39 is 0 Å². The van der Waals surface area contributed by atoms with E-state index in [9.17, 15) is 9.90 Å². The topological polar surface area (TPSA) is 65.5 Å². The molecule has 1 aliphatic heterocycles. The predicted octanol–water partition coefficient (Wildman–Crippen LogP) is 1.25. The fourth-order valence-corrected chi connectivity index (χ4v) is 2.41. The lowest BCUT2D eigenvalue weighted by Gasteiger charge is -2.28. The summed E-state index contributed by atoms with van der Waals surface area (Å²) in [6, 6.07) is 1.53. The van der Waals surface area contributed by atoms with Gasteiger partial charge in [-0.3, -0.25) is 9.78 Å². The molecule has 2 rings (SSSR count). The standard InChI is InChI=1S/C14H21N3O2/c1-17-8-4-11(5-9-17)2-7-16-14(19)12-3-6-15-10-13(12)18/h3,6,10-11,18H,2,4-5,7-9H2,1H3,(H,16,19). The Hall–Kier alpha value is -1.62. The fourth-order valence-electron chi connectivity index (χ4n) is 2.41. The Labute approximate surface area is 113 Å². The van der Waals surface area contributed by atoms with Crippen LogP contribution in [0.1, 0.15) is 29.6 Å². The first kappa shape index (κ1) is 13.8. The second-order valence-electron chi connectivity index (χ2n) is 5.18. The van der Waals surface area contributed by atoms with Crippen molar-refractivity contribution in [1.82, 2.24) is 15.2 Å². The molecule has 5 heteroatoms. The number of aromatic hydroxyl groups is 1. The molecule has 0 atom stereocenters. The maximum absolute atomic E-state index is 11.9. The number of nitrogens with one attached hydrogen (secondary N) is 1. The summed E-state index contributed by atoms with van der Waals surface area (Å²) in [5.41, 5.74) is 0.290. The molecule has 2 N–H and O–H groups in total. The molecule has 0 spiro atoms. The van der Waals surface area contributed by atoms with Crippen LogP contribution in [0.15, 0.2) is 18.5 Å². The number of carbonyl (C=O) groups excluding carboxylic acids is 1. The molecule has 1 amide bonds. The summed E-state index contributed by atoms with van der Waals surface area (Å²) in [5.74, 6) is 0.398. The van der Waals surface area contributed by atoms with Crippen LogP contribution >= 0.6 is 0 Å². The second kappa shape index (κ2) is 6.52. The van der Waals surface area contributed by atoms with E-state index in [1.54, 1.807) is 0 Å². The number of hydrogen-bond acceptors (Lipinski definition) is 4. The molecule has 104 valence electrons. The lowest BCUT2D eigenvalue weighted by Crippen LogP contribution is -2.32. The molecule has 0 radical (unpaired) electrons. The Morgan fingerprint density at radius 1 is 1.53 bits per heavy atom. The Kier molecular flexibility index (Phi) is 4.74. The van der Waals surface area contributed by atoms with Gasteiger partial charge in [0.1, 0.15) is 5.75 Å². The second-order valence-corrected chi connectivity index (χ2v) is 5.18. The van der Waals surface area contributed by atoms with Crippen molar-refractivity contribution in [2.24, 2.45) is 5.92 Å². The van der Waals surface area contributed by atoms with Crippen LogP contribution < -0.4 is 5.32 Å². The highest BCUT2D eigenvalue weighted by Crippen LogP contribution is 2.19. The minimum absolute atomic E-state index is 0.0701. The van der Waals surface area contributed by atoms with Crippen LogP contribution in [0.25, 0.3) is 0 Å². The summed E-state index contributed by atoms with van der Waals surface area (Å²) in [4.78, 5) is 17.9. The van der Waals surface area contributed by atoms with Crippen molar-refractivity contribution >= 4 is 5.91 Å². The predicted molar refractivity (Wildman–Crippen MR) is 73.1 cm³/mol. The van der Waals surface area contributed by atoms with Crippen LogP contribution in [0.2, 0.25) is 0 Å². The normalized spacial score (nSPS) is 17.3. The van der Waals surface area contributed by atoms with Crippen LogP contribution in [-0.2, 0) is 0 Å². The molecule has 1 aromatic heterocycles. The first-order valence-corrected chi connectivity index (χ1v) is 6.76. The lowest BCUT2D eigenvalue weighted by atomic mass is 9.94. The molecule has 1 aliphatic rings. The largest absolute Gasteiger partial charge is 0.505 e. The monoisotopic (exact) mass is 263 g/mol. The third-order valence-corrected chi connectivity index (χ3v) is 3.72. The molecule has 1 fully saturated rings. The fraction of sp³-hybridized carbons (Fsp3) is 0.571. The van der Waals surface area contributed by atoms with E-state index in [0.717, 1.165) is 19.5 Å². The summed E-state index contributed by atoms with van der Waals surface area (Å²) in [6.45, 7) is 2.95. The van der Waals surface area contributed by atoms with Gasteiger partial charge in [0.2, 0.25) is 0 Å². The molecule has 1 saturated heterocycles. The molecule has 0 aromatic carbocycles. The number of pyridine rings is 1. The zero-order chi connectivity index (χ0) is 13.7. The number of hydrogen-bond donors (Lipinski definition) is 2. The van der Waals surface area contributed by atoms with Gasteiger partial charge < -0.3 is 15.3 Å². The Morgan fingerprint density at radius 2 is 2.26 bits per heavy atom. The average Bonchev–Trinajstić information content (AvgIpc) is 2.41. The Morgan fingerprint density at radius 3 is 2.95 bits per heavy atom. The van der Waals surface area contributed by atoms with Crippen molar-refractivity contribution in [3.8, 4) is 5.75 Å². The van der Waals surface area contributed by atoms with Gasteiger partial charge in [-0.1, -0.05) is 0 Å². The van der Waals surface area contributed by atoms with E-state index in [1.165, 1.54) is 31.3 Å². The minimum Gasteiger partial charge on any atom is -0.505 e. The van der Waals surface area contributed by atoms with Gasteiger partial charge in [-0.2, -0.15) is 0 Å². The number of carbonyl (C=O) groups is 1. The van der Waals surface area contributed by atoms with Crippen molar-refractivity contribution in [2.75, 3.05) is 26.7 Å². The highest BCUT2D eigenvalue weighted by Gasteiger charge is 2.17. The van der Waals surface area contributed by atoms with Gasteiger partial charge in [-0.15, -0.1) is 0 Å². The third-order valence-electron chi connectivity index (χ3n) is 3.72. The lowest BCUT2D eigenvalue weighted by molar-refractivity contribution is 0.0946. The number of likely N-dealkylation sites (tertiary alicyclic amines) is 1. The minimum atomic E-state index is -0.229. The maximum atomic E-state index is 11.9.